The summed E-state index contributed by atoms with van der Waals surface area (Å²) in [7, 11) is 1.43. The molecule has 0 atom stereocenters. The molecule has 0 spiro atoms. The number of halogens is 3. The molecule has 0 radical (unpaired) electrons. The van der Waals surface area contributed by atoms with Gasteiger partial charge in [-0.05, 0) is 17.7 Å². The van der Waals surface area contributed by atoms with Gasteiger partial charge in [0, 0.05) is 12.6 Å². The number of alkyl halides is 3. The van der Waals surface area contributed by atoms with Gasteiger partial charge in [0.15, 0.2) is 0 Å². The van der Waals surface area contributed by atoms with Crippen LogP contribution in [0.1, 0.15) is 11.1 Å². The number of amides is 1. The molecule has 0 aliphatic rings. The summed E-state index contributed by atoms with van der Waals surface area (Å²) in [5, 5.41) is 2.35. The highest BCUT2D eigenvalue weighted by atomic mass is 19.4. The Morgan fingerprint density at radius 1 is 1.25 bits per heavy atom. The molecule has 0 saturated carbocycles. The van der Waals surface area contributed by atoms with Gasteiger partial charge in [0.1, 0.15) is 0 Å². The highest BCUT2D eigenvalue weighted by Gasteiger charge is 2.30. The first kappa shape index (κ1) is 12.3. The molecule has 0 saturated heterocycles. The van der Waals surface area contributed by atoms with Gasteiger partial charge in [-0.1, -0.05) is 18.7 Å². The highest BCUT2D eigenvalue weighted by molar-refractivity contribution is 6.18. The van der Waals surface area contributed by atoms with Crippen molar-refractivity contribution >= 4 is 11.5 Å². The Hall–Kier alpha value is -1.78. The maximum Gasteiger partial charge on any atom is 0.416 e. The molecule has 0 aromatic heterocycles. The van der Waals surface area contributed by atoms with E-state index in [4.69, 9.17) is 0 Å². The van der Waals surface area contributed by atoms with E-state index in [0.717, 1.165) is 12.1 Å². The second-order valence-electron chi connectivity index (χ2n) is 3.13. The lowest BCUT2D eigenvalue weighted by Gasteiger charge is -2.08. The zero-order valence-corrected chi connectivity index (χ0v) is 8.56. The second kappa shape index (κ2) is 4.38. The van der Waals surface area contributed by atoms with E-state index in [1.807, 2.05) is 0 Å². The van der Waals surface area contributed by atoms with Crippen molar-refractivity contribution < 1.29 is 18.0 Å². The van der Waals surface area contributed by atoms with Crippen molar-refractivity contribution in [2.24, 2.45) is 0 Å². The molecule has 5 heteroatoms. The molecule has 0 heterocycles. The average Bonchev–Trinajstić information content (AvgIpc) is 2.26. The molecule has 1 N–H and O–H groups in total. The Morgan fingerprint density at radius 2 is 1.75 bits per heavy atom. The number of likely N-dealkylation sites (N-methyl/N-ethyl adjacent to an activating group) is 1. The third-order valence-electron chi connectivity index (χ3n) is 2.06. The van der Waals surface area contributed by atoms with Crippen LogP contribution in [-0.4, -0.2) is 13.0 Å². The molecule has 86 valence electrons. The van der Waals surface area contributed by atoms with Gasteiger partial charge >= 0.3 is 6.18 Å². The molecular weight excluding hydrogens is 219 g/mol. The van der Waals surface area contributed by atoms with Gasteiger partial charge in [-0.2, -0.15) is 13.2 Å². The largest absolute Gasteiger partial charge is 0.416 e. The Balaban J connectivity index is 2.96. The zero-order valence-electron chi connectivity index (χ0n) is 8.56. The van der Waals surface area contributed by atoms with E-state index >= 15 is 0 Å². The standard InChI is InChI=1S/C11H10F3NO/c1-7(10(16)15-2)8-3-5-9(6-4-8)11(12,13)14/h3-6H,1H2,2H3,(H,15,16). The lowest BCUT2D eigenvalue weighted by Crippen LogP contribution is -2.18. The molecule has 1 aromatic carbocycles. The van der Waals surface area contributed by atoms with Crippen LogP contribution >= 0.6 is 0 Å². The van der Waals surface area contributed by atoms with Crippen LogP contribution in [-0.2, 0) is 11.0 Å². The lowest BCUT2D eigenvalue weighted by atomic mass is 10.0. The Morgan fingerprint density at radius 3 is 2.12 bits per heavy atom. The van der Waals surface area contributed by atoms with Crippen LogP contribution in [0.3, 0.4) is 0 Å². The van der Waals surface area contributed by atoms with Gasteiger partial charge in [0.2, 0.25) is 0 Å². The number of carbonyl (C=O) groups excluding carboxylic acids is 1. The minimum absolute atomic E-state index is 0.135. The van der Waals surface area contributed by atoms with Crippen LogP contribution in [0.25, 0.3) is 5.57 Å². The van der Waals surface area contributed by atoms with Gasteiger partial charge in [0.05, 0.1) is 5.56 Å². The summed E-state index contributed by atoms with van der Waals surface area (Å²) in [4.78, 5) is 11.2. The fourth-order valence-corrected chi connectivity index (χ4v) is 1.14. The molecule has 0 aliphatic carbocycles. The van der Waals surface area contributed by atoms with Crippen molar-refractivity contribution in [3.05, 3.63) is 42.0 Å². The van der Waals surface area contributed by atoms with Crippen molar-refractivity contribution in [3.8, 4) is 0 Å². The normalized spacial score (nSPS) is 11.0. The van der Waals surface area contributed by atoms with Crippen molar-refractivity contribution in [3.63, 3.8) is 0 Å². The molecule has 0 unspecified atom stereocenters. The quantitative estimate of drug-likeness (QED) is 0.775. The fourth-order valence-electron chi connectivity index (χ4n) is 1.14. The number of rotatable bonds is 2. The predicted octanol–water partition coefficient (Wildman–Crippen LogP) is 2.46. The van der Waals surface area contributed by atoms with E-state index in [1.54, 1.807) is 0 Å². The van der Waals surface area contributed by atoms with Crippen LogP contribution in [0.4, 0.5) is 13.2 Å². The zero-order chi connectivity index (χ0) is 12.3. The molecule has 0 fully saturated rings. The van der Waals surface area contributed by atoms with Crippen molar-refractivity contribution in [1.82, 2.24) is 5.32 Å². The second-order valence-corrected chi connectivity index (χ2v) is 3.13. The van der Waals surface area contributed by atoms with Crippen molar-refractivity contribution in [1.29, 1.82) is 0 Å². The summed E-state index contributed by atoms with van der Waals surface area (Å²) in [6.07, 6.45) is -4.37. The maximum atomic E-state index is 12.2. The Bertz CT molecular complexity index is 406. The predicted molar refractivity (Wildman–Crippen MR) is 54.5 cm³/mol. The van der Waals surface area contributed by atoms with Gasteiger partial charge in [-0.25, -0.2) is 0 Å². The van der Waals surface area contributed by atoms with Crippen molar-refractivity contribution in [2.45, 2.75) is 6.18 Å². The smallest absolute Gasteiger partial charge is 0.355 e. The number of carbonyl (C=O) groups is 1. The molecule has 1 amide bonds. The first-order chi connectivity index (χ1) is 7.36. The van der Waals surface area contributed by atoms with Gasteiger partial charge in [-0.15, -0.1) is 0 Å². The highest BCUT2D eigenvalue weighted by Crippen LogP contribution is 2.29. The average molecular weight is 229 g/mol. The minimum atomic E-state index is -4.37. The monoisotopic (exact) mass is 229 g/mol. The topological polar surface area (TPSA) is 29.1 Å². The number of nitrogens with one attached hydrogen (secondary N) is 1. The molecule has 0 aliphatic heterocycles. The number of benzene rings is 1. The van der Waals surface area contributed by atoms with Crippen molar-refractivity contribution in [2.75, 3.05) is 7.05 Å². The lowest BCUT2D eigenvalue weighted by molar-refractivity contribution is -0.137. The number of hydrogen-bond donors (Lipinski definition) is 1. The molecule has 16 heavy (non-hydrogen) atoms. The molecule has 0 bridgehead atoms. The minimum Gasteiger partial charge on any atom is -0.355 e. The van der Waals surface area contributed by atoms with Crippen LogP contribution in [0.15, 0.2) is 30.8 Å². The summed E-state index contributed by atoms with van der Waals surface area (Å²) in [5.74, 6) is -0.417. The molecular formula is C11H10F3NO. The first-order valence-electron chi connectivity index (χ1n) is 4.45. The van der Waals surface area contributed by atoms with E-state index < -0.39 is 17.6 Å². The van der Waals surface area contributed by atoms with E-state index in [1.165, 1.54) is 19.2 Å². The van der Waals surface area contributed by atoms with Crippen LogP contribution < -0.4 is 5.32 Å². The summed E-state index contributed by atoms with van der Waals surface area (Å²) in [6.45, 7) is 3.49. The maximum absolute atomic E-state index is 12.2. The first-order valence-corrected chi connectivity index (χ1v) is 4.45. The van der Waals surface area contributed by atoms with Crippen LogP contribution in [0, 0.1) is 0 Å². The van der Waals surface area contributed by atoms with E-state index in [-0.39, 0.29) is 5.57 Å². The van der Waals surface area contributed by atoms with Gasteiger partial charge < -0.3 is 5.32 Å². The van der Waals surface area contributed by atoms with Gasteiger partial charge in [-0.3, -0.25) is 4.79 Å². The fraction of sp³-hybridized carbons (Fsp3) is 0.182. The summed E-state index contributed by atoms with van der Waals surface area (Å²) >= 11 is 0. The van der Waals surface area contributed by atoms with E-state index in [0.29, 0.717) is 5.56 Å². The molecule has 2 nitrogen and oxygen atoms in total. The van der Waals surface area contributed by atoms with Crippen LogP contribution in [0.5, 0.6) is 0 Å². The van der Waals surface area contributed by atoms with E-state index in [2.05, 4.69) is 11.9 Å². The Labute approximate surface area is 90.8 Å². The molecule has 1 aromatic rings. The van der Waals surface area contributed by atoms with Crippen LogP contribution in [0.2, 0.25) is 0 Å². The molecule has 1 rings (SSSR count). The Kier molecular flexibility index (Phi) is 3.37. The third-order valence-corrected chi connectivity index (χ3v) is 2.06. The summed E-state index contributed by atoms with van der Waals surface area (Å²) < 4.78 is 36.7. The summed E-state index contributed by atoms with van der Waals surface area (Å²) in [6, 6.07) is 4.29. The SMILES string of the molecule is C=C(C(=O)NC)c1ccc(C(F)(F)F)cc1. The van der Waals surface area contributed by atoms with Gasteiger partial charge in [0.25, 0.3) is 5.91 Å². The third kappa shape index (κ3) is 2.62. The summed E-state index contributed by atoms with van der Waals surface area (Å²) in [5.41, 5.74) is -0.246. The van der Waals surface area contributed by atoms with E-state index in [9.17, 15) is 18.0 Å². The number of hydrogen-bond acceptors (Lipinski definition) is 1.